The molecule has 0 aliphatic carbocycles. The van der Waals surface area contributed by atoms with E-state index in [1.807, 2.05) is 18.2 Å². The number of hydrogen-bond donors (Lipinski definition) is 1. The summed E-state index contributed by atoms with van der Waals surface area (Å²) in [7, 11) is 1.19. The Morgan fingerprint density at radius 2 is 1.96 bits per heavy atom. The molecule has 0 saturated carbocycles. The van der Waals surface area contributed by atoms with Crippen molar-refractivity contribution >= 4 is 5.91 Å². The van der Waals surface area contributed by atoms with Crippen LogP contribution in [0.4, 0.5) is 13.2 Å². The second-order valence-corrected chi connectivity index (χ2v) is 5.16. The molecule has 1 amide bonds. The van der Waals surface area contributed by atoms with Gasteiger partial charge in [-0.3, -0.25) is 4.79 Å². The molecule has 1 unspecified atom stereocenters. The molecule has 1 atom stereocenters. The number of hydrogen-bond acceptors (Lipinski definition) is 3. The van der Waals surface area contributed by atoms with Gasteiger partial charge in [0.15, 0.2) is 11.8 Å². The summed E-state index contributed by atoms with van der Waals surface area (Å²) in [5.74, 6) is -0.689. The molecule has 0 aliphatic rings. The van der Waals surface area contributed by atoms with Gasteiger partial charge >= 0.3 is 6.18 Å². The number of aliphatic hydroxyl groups excluding tert-OH is 1. The molecule has 23 heavy (non-hydrogen) atoms. The van der Waals surface area contributed by atoms with Gasteiger partial charge in [0.1, 0.15) is 0 Å². The number of carbonyl (C=O) groups excluding carboxylic acids is 1. The van der Waals surface area contributed by atoms with Crippen LogP contribution >= 0.6 is 0 Å². The SMILES string of the molecule is Cc1cc(C(=O)N(C)CC(O)C(F)(F)F)nn1-c1ccccc1. The Bertz CT molecular complexity index is 683. The number of alkyl halides is 3. The Morgan fingerprint density at radius 3 is 2.52 bits per heavy atom. The van der Waals surface area contributed by atoms with E-state index in [0.717, 1.165) is 10.6 Å². The van der Waals surface area contributed by atoms with Crippen molar-refractivity contribution < 1.29 is 23.1 Å². The first-order chi connectivity index (χ1) is 10.7. The topological polar surface area (TPSA) is 58.4 Å². The molecule has 0 saturated heterocycles. The molecule has 0 bridgehead atoms. The van der Waals surface area contributed by atoms with Crippen LogP contribution in [-0.4, -0.2) is 51.6 Å². The summed E-state index contributed by atoms with van der Waals surface area (Å²) in [5.41, 5.74) is 1.43. The molecular weight excluding hydrogens is 311 g/mol. The summed E-state index contributed by atoms with van der Waals surface area (Å²) in [6, 6.07) is 10.5. The highest BCUT2D eigenvalue weighted by Gasteiger charge is 2.39. The van der Waals surface area contributed by atoms with Gasteiger partial charge in [0.25, 0.3) is 5.91 Å². The van der Waals surface area contributed by atoms with Crippen LogP contribution in [0.25, 0.3) is 5.69 Å². The molecule has 1 aromatic heterocycles. The van der Waals surface area contributed by atoms with Crippen molar-refractivity contribution in [2.45, 2.75) is 19.2 Å². The summed E-state index contributed by atoms with van der Waals surface area (Å²) < 4.78 is 38.6. The van der Waals surface area contributed by atoms with Crippen molar-refractivity contribution in [2.24, 2.45) is 0 Å². The molecule has 0 spiro atoms. The van der Waals surface area contributed by atoms with Crippen LogP contribution < -0.4 is 0 Å². The van der Waals surface area contributed by atoms with Gasteiger partial charge in [0.2, 0.25) is 0 Å². The van der Waals surface area contributed by atoms with E-state index in [0.29, 0.717) is 5.69 Å². The van der Waals surface area contributed by atoms with E-state index in [1.54, 1.807) is 19.1 Å². The fourth-order valence-electron chi connectivity index (χ4n) is 2.05. The van der Waals surface area contributed by atoms with Gasteiger partial charge in [0.05, 0.1) is 12.2 Å². The maximum absolute atomic E-state index is 12.4. The zero-order valence-electron chi connectivity index (χ0n) is 12.6. The third kappa shape index (κ3) is 3.89. The summed E-state index contributed by atoms with van der Waals surface area (Å²) in [6.45, 7) is 0.890. The predicted octanol–water partition coefficient (Wildman–Crippen LogP) is 2.18. The minimum absolute atomic E-state index is 0.0169. The summed E-state index contributed by atoms with van der Waals surface area (Å²) in [6.07, 6.45) is -7.36. The van der Waals surface area contributed by atoms with Gasteiger partial charge < -0.3 is 10.0 Å². The zero-order valence-corrected chi connectivity index (χ0v) is 12.6. The predicted molar refractivity (Wildman–Crippen MR) is 77.3 cm³/mol. The fraction of sp³-hybridized carbons (Fsp3) is 0.333. The molecule has 2 aromatic rings. The summed E-state index contributed by atoms with van der Waals surface area (Å²) in [5, 5.41) is 13.2. The van der Waals surface area contributed by atoms with Crippen molar-refractivity contribution in [1.82, 2.24) is 14.7 Å². The second kappa shape index (κ2) is 6.41. The lowest BCUT2D eigenvalue weighted by molar-refractivity contribution is -0.205. The van der Waals surface area contributed by atoms with E-state index in [-0.39, 0.29) is 5.69 Å². The standard InChI is InChI=1S/C15H16F3N3O2/c1-10-8-12(19-21(10)11-6-4-3-5-7-11)14(23)20(2)9-13(22)15(16,17)18/h3-8,13,22H,9H2,1-2H3. The van der Waals surface area contributed by atoms with Crippen molar-refractivity contribution in [3.05, 3.63) is 47.8 Å². The number of carbonyl (C=O) groups is 1. The molecule has 8 heteroatoms. The molecule has 5 nitrogen and oxygen atoms in total. The minimum Gasteiger partial charge on any atom is -0.382 e. The molecule has 1 heterocycles. The number of likely N-dealkylation sites (N-methyl/N-ethyl adjacent to an activating group) is 1. The van der Waals surface area contributed by atoms with Crippen LogP contribution in [0, 0.1) is 6.92 Å². The lowest BCUT2D eigenvalue weighted by Gasteiger charge is -2.21. The number of halogens is 3. The number of para-hydroxylation sites is 1. The number of aromatic nitrogens is 2. The lowest BCUT2D eigenvalue weighted by atomic mass is 10.3. The smallest absolute Gasteiger partial charge is 0.382 e. The quantitative estimate of drug-likeness (QED) is 0.936. The van der Waals surface area contributed by atoms with E-state index in [2.05, 4.69) is 5.10 Å². The fourth-order valence-corrected chi connectivity index (χ4v) is 2.05. The lowest BCUT2D eigenvalue weighted by Crippen LogP contribution is -2.41. The van der Waals surface area contributed by atoms with Crippen LogP contribution in [0.15, 0.2) is 36.4 Å². The second-order valence-electron chi connectivity index (χ2n) is 5.16. The van der Waals surface area contributed by atoms with Crippen LogP contribution in [0.2, 0.25) is 0 Å². The monoisotopic (exact) mass is 327 g/mol. The third-order valence-electron chi connectivity index (χ3n) is 3.28. The van der Waals surface area contributed by atoms with Gasteiger partial charge in [-0.2, -0.15) is 18.3 Å². The van der Waals surface area contributed by atoms with Gasteiger partial charge in [-0.25, -0.2) is 4.68 Å². The Kier molecular flexibility index (Phi) is 4.74. The zero-order chi connectivity index (χ0) is 17.2. The van der Waals surface area contributed by atoms with Crippen LogP contribution in [0.1, 0.15) is 16.2 Å². The number of aryl methyl sites for hydroxylation is 1. The van der Waals surface area contributed by atoms with E-state index in [1.165, 1.54) is 17.8 Å². The Balaban J connectivity index is 2.18. The first-order valence-electron chi connectivity index (χ1n) is 6.82. The molecule has 1 N–H and O–H groups in total. The molecule has 0 radical (unpaired) electrons. The average molecular weight is 327 g/mol. The highest BCUT2D eigenvalue weighted by molar-refractivity contribution is 5.92. The highest BCUT2D eigenvalue weighted by atomic mass is 19.4. The van der Waals surface area contributed by atoms with Crippen molar-refractivity contribution in [2.75, 3.05) is 13.6 Å². The van der Waals surface area contributed by atoms with E-state index in [9.17, 15) is 18.0 Å². The summed E-state index contributed by atoms with van der Waals surface area (Å²) in [4.78, 5) is 13.0. The first-order valence-corrected chi connectivity index (χ1v) is 6.82. The van der Waals surface area contributed by atoms with Gasteiger partial charge in [-0.15, -0.1) is 0 Å². The van der Waals surface area contributed by atoms with Crippen LogP contribution in [-0.2, 0) is 0 Å². The number of aliphatic hydroxyl groups is 1. The number of benzene rings is 1. The number of rotatable bonds is 4. The van der Waals surface area contributed by atoms with Crippen LogP contribution in [0.3, 0.4) is 0 Å². The molecule has 0 aliphatic heterocycles. The summed E-state index contributed by atoms with van der Waals surface area (Å²) >= 11 is 0. The average Bonchev–Trinajstić information content (AvgIpc) is 2.88. The molecule has 124 valence electrons. The molecular formula is C15H16F3N3O2. The van der Waals surface area contributed by atoms with Crippen molar-refractivity contribution in [1.29, 1.82) is 0 Å². The van der Waals surface area contributed by atoms with Gasteiger partial charge in [-0.05, 0) is 25.1 Å². The molecule has 2 rings (SSSR count). The first kappa shape index (κ1) is 17.0. The largest absolute Gasteiger partial charge is 0.416 e. The van der Waals surface area contributed by atoms with E-state index in [4.69, 9.17) is 5.11 Å². The number of amides is 1. The van der Waals surface area contributed by atoms with E-state index >= 15 is 0 Å². The Hall–Kier alpha value is -2.35. The van der Waals surface area contributed by atoms with Crippen molar-refractivity contribution in [3.8, 4) is 5.69 Å². The maximum atomic E-state index is 12.4. The van der Waals surface area contributed by atoms with Crippen molar-refractivity contribution in [3.63, 3.8) is 0 Å². The third-order valence-corrected chi connectivity index (χ3v) is 3.28. The van der Waals surface area contributed by atoms with Crippen LogP contribution in [0.5, 0.6) is 0 Å². The highest BCUT2D eigenvalue weighted by Crippen LogP contribution is 2.21. The molecule has 0 fully saturated rings. The number of nitrogens with zero attached hydrogens (tertiary/aromatic N) is 3. The Labute approximate surface area is 130 Å². The maximum Gasteiger partial charge on any atom is 0.416 e. The Morgan fingerprint density at radius 1 is 1.35 bits per heavy atom. The minimum atomic E-state index is -4.77. The van der Waals surface area contributed by atoms with E-state index < -0.39 is 24.7 Å². The molecule has 1 aromatic carbocycles. The van der Waals surface area contributed by atoms with Gasteiger partial charge in [0, 0.05) is 12.7 Å². The normalized spacial score (nSPS) is 13.0. The van der Waals surface area contributed by atoms with Gasteiger partial charge in [-0.1, -0.05) is 18.2 Å².